The molecule has 26 heavy (non-hydrogen) atoms. The van der Waals surface area contributed by atoms with E-state index in [2.05, 4.69) is 0 Å². The Bertz CT molecular complexity index is 831. The van der Waals surface area contributed by atoms with Gasteiger partial charge in [-0.1, -0.05) is 11.6 Å². The van der Waals surface area contributed by atoms with E-state index in [0.29, 0.717) is 6.08 Å². The summed E-state index contributed by atoms with van der Waals surface area (Å²) in [7, 11) is -4.19. The van der Waals surface area contributed by atoms with Gasteiger partial charge in [0.1, 0.15) is 23.5 Å². The van der Waals surface area contributed by atoms with Gasteiger partial charge < -0.3 is 13.8 Å². The summed E-state index contributed by atoms with van der Waals surface area (Å²) in [6, 6.07) is 0. The maximum absolute atomic E-state index is 14.3. The third kappa shape index (κ3) is 4.50. The van der Waals surface area contributed by atoms with Crippen molar-refractivity contribution in [1.29, 1.82) is 0 Å². The quantitative estimate of drug-likeness (QED) is 0.689. The van der Waals surface area contributed by atoms with Crippen LogP contribution in [0.5, 0.6) is 0 Å². The largest absolute Gasteiger partial charge is 0.389 e. The first-order valence-electron chi connectivity index (χ1n) is 7.79. The molecule has 2 rings (SSSR count). The monoisotopic (exact) mass is 414 g/mol. The molecule has 0 radical (unpaired) electrons. The highest BCUT2D eigenvalue weighted by atomic mass is 35.5. The van der Waals surface area contributed by atoms with E-state index in [0.717, 1.165) is 10.8 Å². The molecule has 1 aliphatic heterocycles. The number of nitrogens with one attached hydrogen (secondary N) is 1. The SMILES string of the molecule is CCOP(=O)(OCC)C(F)=C[C@H]1O[C@@H](n2cc(Cl)c(=O)[nH]c2=O)C[C@@H]1F. The summed E-state index contributed by atoms with van der Waals surface area (Å²) in [6.45, 7) is 2.87. The summed E-state index contributed by atoms with van der Waals surface area (Å²) in [5.74, 6) is 0. The standard InChI is InChI=1S/C14H18ClF2N2O6P/c1-3-23-26(22,24-4-2)11(17)6-10-9(16)5-12(25-10)19-7-8(15)13(20)18-14(19)21/h6-7,9-10,12H,3-5H2,1-2H3,(H,18,20,21)/t9-,10+,12+/m0/s1. The second kappa shape index (κ2) is 8.58. The Morgan fingerprint density at radius 2 is 2.08 bits per heavy atom. The van der Waals surface area contributed by atoms with Crippen molar-refractivity contribution < 1.29 is 27.1 Å². The maximum atomic E-state index is 14.3. The lowest BCUT2D eigenvalue weighted by Gasteiger charge is -2.17. The van der Waals surface area contributed by atoms with E-state index in [-0.39, 0.29) is 24.7 Å². The Morgan fingerprint density at radius 1 is 1.46 bits per heavy atom. The molecular weight excluding hydrogens is 397 g/mol. The molecule has 0 spiro atoms. The van der Waals surface area contributed by atoms with Crippen LogP contribution >= 0.6 is 19.2 Å². The van der Waals surface area contributed by atoms with Crippen LogP contribution < -0.4 is 11.2 Å². The van der Waals surface area contributed by atoms with E-state index < -0.39 is 42.9 Å². The molecule has 3 atom stereocenters. The first kappa shape index (κ1) is 21.0. The van der Waals surface area contributed by atoms with Crippen LogP contribution in [0.3, 0.4) is 0 Å². The molecule has 1 aliphatic rings. The van der Waals surface area contributed by atoms with Crippen molar-refractivity contribution in [1.82, 2.24) is 9.55 Å². The van der Waals surface area contributed by atoms with E-state index in [1.54, 1.807) is 0 Å². The van der Waals surface area contributed by atoms with Gasteiger partial charge in [0.05, 0.1) is 13.2 Å². The van der Waals surface area contributed by atoms with Crippen LogP contribution in [0.15, 0.2) is 27.4 Å². The zero-order chi connectivity index (χ0) is 19.5. The number of hydrogen-bond donors (Lipinski definition) is 1. The van der Waals surface area contributed by atoms with Crippen molar-refractivity contribution in [3.8, 4) is 0 Å². The first-order valence-corrected chi connectivity index (χ1v) is 9.71. The van der Waals surface area contributed by atoms with E-state index in [4.69, 9.17) is 25.4 Å². The third-order valence-corrected chi connectivity index (χ3v) is 5.63. The van der Waals surface area contributed by atoms with Crippen molar-refractivity contribution in [2.24, 2.45) is 0 Å². The van der Waals surface area contributed by atoms with Crippen molar-refractivity contribution in [2.45, 2.75) is 38.8 Å². The normalized spacial score (nSPS) is 24.2. The molecular formula is C14H18ClF2N2O6P. The van der Waals surface area contributed by atoms with Gasteiger partial charge in [0.15, 0.2) is 0 Å². The lowest BCUT2D eigenvalue weighted by molar-refractivity contribution is 0.0125. The van der Waals surface area contributed by atoms with Gasteiger partial charge in [0.25, 0.3) is 5.56 Å². The number of halogens is 3. The average Bonchev–Trinajstić information content (AvgIpc) is 2.92. The minimum Gasteiger partial charge on any atom is -0.347 e. The zero-order valence-corrected chi connectivity index (χ0v) is 15.6. The van der Waals surface area contributed by atoms with Crippen LogP contribution in [0.1, 0.15) is 26.5 Å². The second-order valence-electron chi connectivity index (χ2n) is 5.27. The van der Waals surface area contributed by atoms with Gasteiger partial charge in [-0.15, -0.1) is 0 Å². The molecule has 1 aromatic rings. The minimum atomic E-state index is -4.19. The number of H-pyrrole nitrogens is 1. The van der Waals surface area contributed by atoms with Gasteiger partial charge in [-0.25, -0.2) is 9.18 Å². The maximum Gasteiger partial charge on any atom is 0.389 e. The molecule has 0 bridgehead atoms. The van der Waals surface area contributed by atoms with Crippen LogP contribution in [0.2, 0.25) is 5.02 Å². The Balaban J connectivity index is 2.26. The number of alkyl halides is 1. The highest BCUT2D eigenvalue weighted by Gasteiger charge is 2.39. The van der Waals surface area contributed by atoms with Crippen LogP contribution in [0, 0.1) is 0 Å². The molecule has 1 saturated heterocycles. The lowest BCUT2D eigenvalue weighted by atomic mass is 10.2. The summed E-state index contributed by atoms with van der Waals surface area (Å²) >= 11 is 5.66. The number of nitrogens with zero attached hydrogens (tertiary/aromatic N) is 1. The van der Waals surface area contributed by atoms with Gasteiger partial charge in [0.2, 0.25) is 5.57 Å². The van der Waals surface area contributed by atoms with Crippen LogP contribution in [-0.4, -0.2) is 35.0 Å². The van der Waals surface area contributed by atoms with Gasteiger partial charge in [-0.3, -0.25) is 18.9 Å². The van der Waals surface area contributed by atoms with E-state index >= 15 is 0 Å². The van der Waals surface area contributed by atoms with Crippen LogP contribution in [0.4, 0.5) is 8.78 Å². The van der Waals surface area contributed by atoms with Gasteiger partial charge in [0, 0.05) is 12.6 Å². The summed E-state index contributed by atoms with van der Waals surface area (Å²) in [5.41, 5.74) is -2.92. The summed E-state index contributed by atoms with van der Waals surface area (Å²) in [6.07, 6.45) is -2.86. The summed E-state index contributed by atoms with van der Waals surface area (Å²) in [5, 5.41) is -0.286. The fraction of sp³-hybridized carbons (Fsp3) is 0.571. The van der Waals surface area contributed by atoms with E-state index in [1.165, 1.54) is 13.8 Å². The Morgan fingerprint density at radius 3 is 2.65 bits per heavy atom. The number of aromatic nitrogens is 2. The predicted molar refractivity (Wildman–Crippen MR) is 89.8 cm³/mol. The van der Waals surface area contributed by atoms with Crippen LogP contribution in [-0.2, 0) is 18.3 Å². The smallest absolute Gasteiger partial charge is 0.347 e. The molecule has 1 N–H and O–H groups in total. The van der Waals surface area contributed by atoms with Crippen molar-refractivity contribution in [3.63, 3.8) is 0 Å². The van der Waals surface area contributed by atoms with E-state index in [9.17, 15) is 22.9 Å². The average molecular weight is 415 g/mol. The molecule has 146 valence electrons. The van der Waals surface area contributed by atoms with Crippen molar-refractivity contribution in [2.75, 3.05) is 13.2 Å². The third-order valence-electron chi connectivity index (χ3n) is 3.49. The lowest BCUT2D eigenvalue weighted by Crippen LogP contribution is -2.32. The van der Waals surface area contributed by atoms with Gasteiger partial charge in [-0.2, -0.15) is 4.39 Å². The Hall–Kier alpha value is -1.32. The molecule has 1 fully saturated rings. The van der Waals surface area contributed by atoms with Crippen molar-refractivity contribution >= 4 is 19.2 Å². The molecule has 0 amide bonds. The fourth-order valence-electron chi connectivity index (χ4n) is 2.37. The number of hydrogen-bond acceptors (Lipinski definition) is 6. The summed E-state index contributed by atoms with van der Waals surface area (Å²) < 4.78 is 56.8. The Kier molecular flexibility index (Phi) is 6.92. The molecule has 0 saturated carbocycles. The summed E-state index contributed by atoms with van der Waals surface area (Å²) in [4.78, 5) is 25.1. The topological polar surface area (TPSA) is 99.6 Å². The highest BCUT2D eigenvalue weighted by molar-refractivity contribution is 7.58. The van der Waals surface area contributed by atoms with Crippen LogP contribution in [0.25, 0.3) is 0 Å². The van der Waals surface area contributed by atoms with Gasteiger partial charge >= 0.3 is 13.3 Å². The number of ether oxygens (including phenoxy) is 1. The van der Waals surface area contributed by atoms with Gasteiger partial charge in [-0.05, 0) is 19.9 Å². The molecule has 0 aliphatic carbocycles. The molecule has 0 unspecified atom stereocenters. The number of aromatic amines is 1. The Labute approximate surface area is 152 Å². The molecule has 12 heteroatoms. The predicted octanol–water partition coefficient (Wildman–Crippen LogP) is 2.89. The number of rotatable bonds is 7. The molecule has 1 aromatic heterocycles. The highest BCUT2D eigenvalue weighted by Crippen LogP contribution is 2.57. The minimum absolute atomic E-state index is 0.0724. The molecule has 8 nitrogen and oxygen atoms in total. The molecule has 0 aromatic carbocycles. The van der Waals surface area contributed by atoms with Crippen molar-refractivity contribution in [3.05, 3.63) is 43.7 Å². The zero-order valence-electron chi connectivity index (χ0n) is 14.0. The fourth-order valence-corrected chi connectivity index (χ4v) is 3.86. The second-order valence-corrected chi connectivity index (χ2v) is 7.62. The first-order chi connectivity index (χ1) is 12.2. The molecule has 2 heterocycles. The van der Waals surface area contributed by atoms with E-state index in [1.807, 2.05) is 4.98 Å².